The van der Waals surface area contributed by atoms with Crippen LogP contribution in [0.5, 0.6) is 0 Å². The van der Waals surface area contributed by atoms with E-state index in [1.54, 1.807) is 5.56 Å². The second-order valence-corrected chi connectivity index (χ2v) is 5.85. The molecule has 1 aromatic carbocycles. The number of fused-ring (bicyclic) bond motifs is 1. The normalized spacial score (nSPS) is 20.8. The Hall–Kier alpha value is -0.470. The molecule has 0 radical (unpaired) electrons. The molecule has 1 aliphatic heterocycles. The summed E-state index contributed by atoms with van der Waals surface area (Å²) in [6.45, 7) is 3.48. The highest BCUT2D eigenvalue weighted by atomic mass is 32.2. The van der Waals surface area contributed by atoms with Crippen molar-refractivity contribution in [2.75, 3.05) is 19.3 Å². The summed E-state index contributed by atoms with van der Waals surface area (Å²) in [5.41, 5.74) is 1.59. The van der Waals surface area contributed by atoms with Crippen LogP contribution in [0.15, 0.2) is 29.2 Å². The number of nitrogens with one attached hydrogen (secondary N) is 1. The van der Waals surface area contributed by atoms with Crippen LogP contribution in [0, 0.1) is 5.92 Å². The Balaban J connectivity index is 1.88. The van der Waals surface area contributed by atoms with E-state index in [9.17, 15) is 0 Å². The van der Waals surface area contributed by atoms with Gasteiger partial charge in [-0.15, -0.1) is 11.8 Å². The van der Waals surface area contributed by atoms with E-state index in [4.69, 9.17) is 0 Å². The minimum Gasteiger partial charge on any atom is -0.319 e. The van der Waals surface area contributed by atoms with Gasteiger partial charge in [-0.25, -0.2) is 0 Å². The molecule has 2 atom stereocenters. The highest BCUT2D eigenvalue weighted by molar-refractivity contribution is 7.99. The quantitative estimate of drug-likeness (QED) is 0.838. The molecule has 0 saturated heterocycles. The van der Waals surface area contributed by atoms with Gasteiger partial charge < -0.3 is 5.32 Å². The molecular weight excluding hydrogens is 214 g/mol. The predicted molar refractivity (Wildman–Crippen MR) is 72.2 cm³/mol. The van der Waals surface area contributed by atoms with Gasteiger partial charge in [-0.2, -0.15) is 0 Å². The van der Waals surface area contributed by atoms with Crippen molar-refractivity contribution in [2.24, 2.45) is 5.92 Å². The van der Waals surface area contributed by atoms with Crippen molar-refractivity contribution < 1.29 is 0 Å². The van der Waals surface area contributed by atoms with Gasteiger partial charge in [0.05, 0.1) is 0 Å². The molecular formula is C14H21NS. The molecule has 1 aromatic rings. The van der Waals surface area contributed by atoms with E-state index in [2.05, 4.69) is 36.5 Å². The predicted octanol–water partition coefficient (Wildman–Crippen LogP) is 3.51. The second kappa shape index (κ2) is 5.74. The zero-order valence-corrected chi connectivity index (χ0v) is 11.0. The maximum atomic E-state index is 3.26. The topological polar surface area (TPSA) is 12.0 Å². The van der Waals surface area contributed by atoms with E-state index in [1.807, 2.05) is 18.8 Å². The molecule has 0 aliphatic carbocycles. The first-order valence-electron chi connectivity index (χ1n) is 6.17. The molecule has 1 N–H and O–H groups in total. The van der Waals surface area contributed by atoms with Crippen molar-refractivity contribution in [3.05, 3.63) is 29.8 Å². The highest BCUT2D eigenvalue weighted by Crippen LogP contribution is 2.41. The summed E-state index contributed by atoms with van der Waals surface area (Å²) in [5.74, 6) is 2.87. The largest absolute Gasteiger partial charge is 0.319 e. The molecule has 2 unspecified atom stereocenters. The van der Waals surface area contributed by atoms with E-state index in [1.165, 1.54) is 23.5 Å². The van der Waals surface area contributed by atoms with Gasteiger partial charge in [-0.3, -0.25) is 0 Å². The van der Waals surface area contributed by atoms with Gasteiger partial charge in [0.2, 0.25) is 0 Å². The second-order valence-electron chi connectivity index (χ2n) is 4.79. The van der Waals surface area contributed by atoms with Crippen LogP contribution in [-0.4, -0.2) is 19.3 Å². The van der Waals surface area contributed by atoms with Crippen LogP contribution in [0.25, 0.3) is 0 Å². The third-order valence-corrected chi connectivity index (χ3v) is 4.61. The fraction of sp³-hybridized carbons (Fsp3) is 0.571. The molecule has 2 heteroatoms. The first-order chi connectivity index (χ1) is 7.81. The SMILES string of the molecule is CNCC(C)CCC1CSc2ccccc21. The van der Waals surface area contributed by atoms with Gasteiger partial charge in [0.25, 0.3) is 0 Å². The van der Waals surface area contributed by atoms with E-state index >= 15 is 0 Å². The minimum atomic E-state index is 0.792. The van der Waals surface area contributed by atoms with Crippen LogP contribution < -0.4 is 5.32 Å². The Morgan fingerprint density at radius 2 is 2.25 bits per heavy atom. The lowest BCUT2D eigenvalue weighted by Crippen LogP contribution is -2.16. The standard InChI is InChI=1S/C14H21NS/c1-11(9-15-2)7-8-12-10-16-14-6-4-3-5-13(12)14/h3-6,11-12,15H,7-10H2,1-2H3. The first kappa shape index (κ1) is 12.0. The third-order valence-electron chi connectivity index (χ3n) is 3.36. The maximum absolute atomic E-state index is 3.26. The Morgan fingerprint density at radius 1 is 1.44 bits per heavy atom. The number of hydrogen-bond acceptors (Lipinski definition) is 2. The smallest absolute Gasteiger partial charge is 0.0107 e. The van der Waals surface area contributed by atoms with E-state index in [0.717, 1.165) is 18.4 Å². The van der Waals surface area contributed by atoms with E-state index in [-0.39, 0.29) is 0 Å². The van der Waals surface area contributed by atoms with Crippen molar-refractivity contribution in [3.63, 3.8) is 0 Å². The monoisotopic (exact) mass is 235 g/mol. The van der Waals surface area contributed by atoms with Crippen molar-refractivity contribution in [2.45, 2.75) is 30.6 Å². The average Bonchev–Trinajstić information content (AvgIpc) is 2.70. The number of thioether (sulfide) groups is 1. The maximum Gasteiger partial charge on any atom is 0.0107 e. The summed E-state index contributed by atoms with van der Waals surface area (Å²) >= 11 is 2.03. The van der Waals surface area contributed by atoms with Crippen LogP contribution in [0.2, 0.25) is 0 Å². The third kappa shape index (κ3) is 2.80. The summed E-state index contributed by atoms with van der Waals surface area (Å²) in [5, 5.41) is 3.26. The van der Waals surface area contributed by atoms with Crippen LogP contribution in [0.1, 0.15) is 31.2 Å². The van der Waals surface area contributed by atoms with Crippen molar-refractivity contribution in [1.82, 2.24) is 5.32 Å². The average molecular weight is 235 g/mol. The van der Waals surface area contributed by atoms with Crippen LogP contribution in [-0.2, 0) is 0 Å². The van der Waals surface area contributed by atoms with Gasteiger partial charge in [0, 0.05) is 10.6 Å². The fourth-order valence-corrected chi connectivity index (χ4v) is 3.71. The molecule has 0 spiro atoms. The molecule has 0 fully saturated rings. The summed E-state index contributed by atoms with van der Waals surface area (Å²) in [6, 6.07) is 8.90. The molecule has 0 saturated carbocycles. The minimum absolute atomic E-state index is 0.792. The van der Waals surface area contributed by atoms with Crippen molar-refractivity contribution in [1.29, 1.82) is 0 Å². The first-order valence-corrected chi connectivity index (χ1v) is 7.16. The number of benzene rings is 1. The number of hydrogen-bond donors (Lipinski definition) is 1. The Labute approximate surface area is 103 Å². The van der Waals surface area contributed by atoms with Crippen molar-refractivity contribution in [3.8, 4) is 0 Å². The van der Waals surface area contributed by atoms with E-state index < -0.39 is 0 Å². The van der Waals surface area contributed by atoms with Gasteiger partial charge in [-0.05, 0) is 49.9 Å². The zero-order chi connectivity index (χ0) is 11.4. The van der Waals surface area contributed by atoms with Gasteiger partial charge in [0.15, 0.2) is 0 Å². The molecule has 1 aliphatic rings. The lowest BCUT2D eigenvalue weighted by atomic mass is 9.92. The van der Waals surface area contributed by atoms with Crippen LogP contribution in [0.4, 0.5) is 0 Å². The Morgan fingerprint density at radius 3 is 3.06 bits per heavy atom. The Kier molecular flexibility index (Phi) is 4.30. The Bertz CT molecular complexity index is 337. The molecule has 16 heavy (non-hydrogen) atoms. The van der Waals surface area contributed by atoms with Gasteiger partial charge >= 0.3 is 0 Å². The summed E-state index contributed by atoms with van der Waals surface area (Å²) in [6.07, 6.45) is 2.67. The lowest BCUT2D eigenvalue weighted by Gasteiger charge is -2.14. The zero-order valence-electron chi connectivity index (χ0n) is 10.2. The lowest BCUT2D eigenvalue weighted by molar-refractivity contribution is 0.466. The highest BCUT2D eigenvalue weighted by Gasteiger charge is 2.22. The number of rotatable bonds is 5. The fourth-order valence-electron chi connectivity index (χ4n) is 2.40. The van der Waals surface area contributed by atoms with E-state index in [0.29, 0.717) is 0 Å². The molecule has 88 valence electrons. The molecule has 1 heterocycles. The van der Waals surface area contributed by atoms with Crippen LogP contribution in [0.3, 0.4) is 0 Å². The molecule has 0 amide bonds. The van der Waals surface area contributed by atoms with Crippen molar-refractivity contribution >= 4 is 11.8 Å². The summed E-state index contributed by atoms with van der Waals surface area (Å²) < 4.78 is 0. The summed E-state index contributed by atoms with van der Waals surface area (Å²) in [7, 11) is 2.04. The van der Waals surface area contributed by atoms with Gasteiger partial charge in [0.1, 0.15) is 0 Å². The van der Waals surface area contributed by atoms with Crippen LogP contribution >= 0.6 is 11.8 Å². The molecule has 1 nitrogen and oxygen atoms in total. The molecule has 0 bridgehead atoms. The molecule has 0 aromatic heterocycles. The summed E-state index contributed by atoms with van der Waals surface area (Å²) in [4.78, 5) is 1.51. The van der Waals surface area contributed by atoms with Gasteiger partial charge in [-0.1, -0.05) is 25.1 Å². The molecule has 2 rings (SSSR count).